The predicted molar refractivity (Wildman–Crippen MR) is 77.1 cm³/mol. The molecule has 122 valence electrons. The van der Waals surface area contributed by atoms with Crippen LogP contribution in [0, 0.1) is 17.6 Å². The van der Waals surface area contributed by atoms with Crippen molar-refractivity contribution in [1.29, 1.82) is 0 Å². The lowest BCUT2D eigenvalue weighted by Gasteiger charge is -2.37. The maximum Gasteiger partial charge on any atom is 0.334 e. The zero-order valence-corrected chi connectivity index (χ0v) is 12.8. The molecule has 0 aliphatic carbocycles. The van der Waals surface area contributed by atoms with Gasteiger partial charge < -0.3 is 9.84 Å². The van der Waals surface area contributed by atoms with Gasteiger partial charge in [0.05, 0.1) is 7.11 Å². The zero-order chi connectivity index (χ0) is 16.3. The zero-order valence-electron chi connectivity index (χ0n) is 12.8. The second kappa shape index (κ2) is 7.15. The lowest BCUT2D eigenvalue weighted by molar-refractivity contribution is -0.154. The summed E-state index contributed by atoms with van der Waals surface area (Å²) >= 11 is 0. The smallest absolute Gasteiger partial charge is 0.334 e. The molecule has 0 bridgehead atoms. The third kappa shape index (κ3) is 3.62. The summed E-state index contributed by atoms with van der Waals surface area (Å²) in [6.45, 7) is 3.14. The fourth-order valence-electron chi connectivity index (χ4n) is 2.97. The van der Waals surface area contributed by atoms with Crippen molar-refractivity contribution in [3.05, 3.63) is 35.4 Å². The first-order chi connectivity index (χ1) is 10.4. The van der Waals surface area contributed by atoms with Gasteiger partial charge in [0, 0.05) is 17.7 Å². The van der Waals surface area contributed by atoms with E-state index < -0.39 is 23.7 Å². The maximum absolute atomic E-state index is 13.8. The highest BCUT2D eigenvalue weighted by atomic mass is 19.1. The van der Waals surface area contributed by atoms with E-state index in [1.165, 1.54) is 19.2 Å². The van der Waals surface area contributed by atoms with Gasteiger partial charge in [-0.25, -0.2) is 13.6 Å². The summed E-state index contributed by atoms with van der Waals surface area (Å²) in [5.41, 5.74) is 0.452. The largest absolute Gasteiger partial charge is 0.467 e. The van der Waals surface area contributed by atoms with Crippen molar-refractivity contribution in [2.45, 2.75) is 31.9 Å². The van der Waals surface area contributed by atoms with Gasteiger partial charge in [-0.2, -0.15) is 0 Å². The summed E-state index contributed by atoms with van der Waals surface area (Å²) in [5, 5.41) is 9.86. The number of piperidine rings is 1. The molecule has 0 aromatic heterocycles. The summed E-state index contributed by atoms with van der Waals surface area (Å²) in [5.74, 6) is -1.90. The molecule has 2 unspecified atom stereocenters. The minimum absolute atomic E-state index is 0.144. The first-order valence-electron chi connectivity index (χ1n) is 7.39. The normalized spacial score (nSPS) is 19.7. The summed E-state index contributed by atoms with van der Waals surface area (Å²) < 4.78 is 31.4. The van der Waals surface area contributed by atoms with E-state index >= 15 is 0 Å². The Hall–Kier alpha value is -1.53. The van der Waals surface area contributed by atoms with Gasteiger partial charge in [-0.1, -0.05) is 6.07 Å². The Bertz CT molecular complexity index is 530. The minimum atomic E-state index is -1.11. The summed E-state index contributed by atoms with van der Waals surface area (Å²) in [6, 6.07) is 3.42. The number of carbonyl (C=O) groups excluding carboxylic acids is 1. The van der Waals surface area contributed by atoms with Crippen LogP contribution in [-0.2, 0) is 9.53 Å². The highest BCUT2D eigenvalue weighted by Crippen LogP contribution is 2.29. The van der Waals surface area contributed by atoms with E-state index in [0.717, 1.165) is 6.07 Å². The summed E-state index contributed by atoms with van der Waals surface area (Å²) in [4.78, 5) is 13.4. The van der Waals surface area contributed by atoms with Crippen LogP contribution in [0.3, 0.4) is 0 Å². The van der Waals surface area contributed by atoms with Gasteiger partial charge >= 0.3 is 5.97 Å². The number of rotatable bonds is 4. The van der Waals surface area contributed by atoms with Gasteiger partial charge in [-0.05, 0) is 44.8 Å². The third-order valence-electron chi connectivity index (χ3n) is 4.42. The van der Waals surface area contributed by atoms with Gasteiger partial charge in [0.15, 0.2) is 6.10 Å². The molecule has 1 aliphatic heterocycles. The fourth-order valence-corrected chi connectivity index (χ4v) is 2.97. The van der Waals surface area contributed by atoms with Crippen molar-refractivity contribution in [2.24, 2.45) is 5.92 Å². The molecule has 1 fully saturated rings. The fraction of sp³-hybridized carbons (Fsp3) is 0.562. The van der Waals surface area contributed by atoms with E-state index in [1.807, 2.05) is 6.92 Å². The molecule has 0 radical (unpaired) electrons. The molecular weight excluding hydrogens is 292 g/mol. The van der Waals surface area contributed by atoms with Crippen molar-refractivity contribution in [3.8, 4) is 0 Å². The second-order valence-electron chi connectivity index (χ2n) is 5.68. The molecular formula is C16H21F2NO3. The molecule has 1 aromatic carbocycles. The minimum Gasteiger partial charge on any atom is -0.467 e. The van der Waals surface area contributed by atoms with Crippen LogP contribution < -0.4 is 0 Å². The standard InChI is InChI=1S/C16H21F2NO3/c1-10(13-4-3-12(17)9-14(13)18)19-7-5-11(6-8-19)15(20)16(21)22-2/h3-4,9-11,15,20H,5-8H2,1-2H3. The quantitative estimate of drug-likeness (QED) is 0.867. The van der Waals surface area contributed by atoms with Crippen LogP contribution in [0.1, 0.15) is 31.4 Å². The van der Waals surface area contributed by atoms with E-state index in [9.17, 15) is 18.7 Å². The number of benzene rings is 1. The summed E-state index contributed by atoms with van der Waals surface area (Å²) in [6.07, 6.45) is 0.150. The number of halogens is 2. The number of aliphatic hydroxyl groups excluding tert-OH is 1. The molecule has 6 heteroatoms. The van der Waals surface area contributed by atoms with Gasteiger partial charge in [-0.3, -0.25) is 4.90 Å². The van der Waals surface area contributed by atoms with Crippen LogP contribution in [0.15, 0.2) is 18.2 Å². The second-order valence-corrected chi connectivity index (χ2v) is 5.68. The van der Waals surface area contributed by atoms with Gasteiger partial charge in [0.1, 0.15) is 11.6 Å². The Morgan fingerprint density at radius 1 is 1.36 bits per heavy atom. The van der Waals surface area contributed by atoms with Crippen molar-refractivity contribution in [3.63, 3.8) is 0 Å². The Morgan fingerprint density at radius 2 is 2.00 bits per heavy atom. The highest BCUT2D eigenvalue weighted by molar-refractivity contribution is 5.74. The number of carbonyl (C=O) groups is 1. The molecule has 1 saturated heterocycles. The topological polar surface area (TPSA) is 49.8 Å². The van der Waals surface area contributed by atoms with Crippen molar-refractivity contribution < 1.29 is 23.4 Å². The van der Waals surface area contributed by atoms with Crippen LogP contribution in [-0.4, -0.2) is 42.3 Å². The van der Waals surface area contributed by atoms with Gasteiger partial charge in [-0.15, -0.1) is 0 Å². The molecule has 1 aromatic rings. The molecule has 22 heavy (non-hydrogen) atoms. The monoisotopic (exact) mass is 313 g/mol. The van der Waals surface area contributed by atoms with Crippen LogP contribution >= 0.6 is 0 Å². The van der Waals surface area contributed by atoms with Gasteiger partial charge in [0.25, 0.3) is 0 Å². The predicted octanol–water partition coefficient (Wildman–Crippen LogP) is 2.27. The van der Waals surface area contributed by atoms with E-state index in [2.05, 4.69) is 9.64 Å². The number of methoxy groups -OCH3 is 1. The molecule has 0 spiro atoms. The number of likely N-dealkylation sites (tertiary alicyclic amines) is 1. The van der Waals surface area contributed by atoms with Gasteiger partial charge in [0.2, 0.25) is 0 Å². The van der Waals surface area contributed by atoms with E-state index in [4.69, 9.17) is 0 Å². The first kappa shape index (κ1) is 16.8. The number of hydrogen-bond donors (Lipinski definition) is 1. The Balaban J connectivity index is 1.97. The lowest BCUT2D eigenvalue weighted by atomic mass is 9.90. The van der Waals surface area contributed by atoms with Crippen LogP contribution in [0.4, 0.5) is 8.78 Å². The number of aliphatic hydroxyl groups is 1. The average molecular weight is 313 g/mol. The van der Waals surface area contributed by atoms with Crippen LogP contribution in [0.5, 0.6) is 0 Å². The van der Waals surface area contributed by atoms with Crippen LogP contribution in [0.25, 0.3) is 0 Å². The molecule has 0 amide bonds. The molecule has 2 atom stereocenters. The molecule has 1 N–H and O–H groups in total. The van der Waals surface area contributed by atoms with E-state index in [-0.39, 0.29) is 12.0 Å². The van der Waals surface area contributed by atoms with Crippen LogP contribution in [0.2, 0.25) is 0 Å². The lowest BCUT2D eigenvalue weighted by Crippen LogP contribution is -2.41. The van der Waals surface area contributed by atoms with E-state index in [1.54, 1.807) is 0 Å². The number of esters is 1. The van der Waals surface area contributed by atoms with E-state index in [0.29, 0.717) is 31.5 Å². The third-order valence-corrected chi connectivity index (χ3v) is 4.42. The molecule has 0 saturated carbocycles. The number of nitrogens with zero attached hydrogens (tertiary/aromatic N) is 1. The Morgan fingerprint density at radius 3 is 2.55 bits per heavy atom. The molecule has 1 heterocycles. The van der Waals surface area contributed by atoms with Crippen molar-refractivity contribution in [1.82, 2.24) is 4.90 Å². The molecule has 2 rings (SSSR count). The Labute approximate surface area is 128 Å². The molecule has 4 nitrogen and oxygen atoms in total. The van der Waals surface area contributed by atoms with Crippen molar-refractivity contribution in [2.75, 3.05) is 20.2 Å². The highest BCUT2D eigenvalue weighted by Gasteiger charge is 2.32. The SMILES string of the molecule is COC(=O)C(O)C1CCN(C(C)c2ccc(F)cc2F)CC1. The summed E-state index contributed by atoms with van der Waals surface area (Å²) in [7, 11) is 1.25. The van der Waals surface area contributed by atoms with Crippen molar-refractivity contribution >= 4 is 5.97 Å². The maximum atomic E-state index is 13.8. The average Bonchev–Trinajstić information content (AvgIpc) is 2.53. The number of hydrogen-bond acceptors (Lipinski definition) is 4. The Kier molecular flexibility index (Phi) is 5.47. The number of ether oxygens (including phenoxy) is 1. The molecule has 1 aliphatic rings. The first-order valence-corrected chi connectivity index (χ1v) is 7.39.